The average Bonchev–Trinajstić information content (AvgIpc) is 3.16. The highest BCUT2D eigenvalue weighted by atomic mass is 16.5. The van der Waals surface area contributed by atoms with E-state index in [1.807, 2.05) is 32.0 Å². The van der Waals surface area contributed by atoms with Gasteiger partial charge in [0.15, 0.2) is 6.23 Å². The first kappa shape index (κ1) is 15.4. The van der Waals surface area contributed by atoms with Crippen molar-refractivity contribution in [1.29, 1.82) is 0 Å². The van der Waals surface area contributed by atoms with Gasteiger partial charge in [0.25, 0.3) is 5.91 Å². The lowest BCUT2D eigenvalue weighted by Gasteiger charge is -2.15. The molecule has 0 bridgehead atoms. The quantitative estimate of drug-likeness (QED) is 0.841. The van der Waals surface area contributed by atoms with Crippen LogP contribution >= 0.6 is 0 Å². The van der Waals surface area contributed by atoms with E-state index in [1.165, 1.54) is 4.90 Å². The molecule has 1 fully saturated rings. The van der Waals surface area contributed by atoms with Gasteiger partial charge in [0.1, 0.15) is 11.8 Å². The van der Waals surface area contributed by atoms with Crippen LogP contribution in [0, 0.1) is 5.92 Å². The number of nitrogens with zero attached hydrogens (tertiary/aromatic N) is 2. The van der Waals surface area contributed by atoms with Crippen molar-refractivity contribution in [3.05, 3.63) is 48.3 Å². The van der Waals surface area contributed by atoms with Crippen LogP contribution in [0.4, 0.5) is 16.2 Å². The normalized spacial score (nSPS) is 21.8. The molecule has 0 spiro atoms. The number of ether oxygens (including phenoxy) is 1. The Balaban J connectivity index is 1.60. The zero-order chi connectivity index (χ0) is 17.6. The van der Waals surface area contributed by atoms with Gasteiger partial charge in [-0.2, -0.15) is 0 Å². The maximum Gasteiger partial charge on any atom is 0.329 e. The molecule has 2 N–H and O–H groups in total. The molecule has 0 saturated carbocycles. The van der Waals surface area contributed by atoms with E-state index >= 15 is 0 Å². The lowest BCUT2D eigenvalue weighted by molar-refractivity contribution is -0.119. The number of carbonyl (C=O) groups excluding carboxylic acids is 2. The molecule has 1 saturated heterocycles. The molecule has 2 aliphatic rings. The number of anilines is 2. The summed E-state index contributed by atoms with van der Waals surface area (Å²) in [5.41, 5.74) is 2.27. The second-order valence-corrected chi connectivity index (χ2v) is 6.45. The van der Waals surface area contributed by atoms with Crippen LogP contribution in [0.2, 0.25) is 0 Å². The fraction of sp³-hybridized carbons (Fsp3) is 0.278. The van der Waals surface area contributed by atoms with Crippen molar-refractivity contribution >= 4 is 23.3 Å². The first-order chi connectivity index (χ1) is 12.0. The Bertz CT molecular complexity index is 837. The summed E-state index contributed by atoms with van der Waals surface area (Å²) in [5.74, 6) is 0.398. The van der Waals surface area contributed by atoms with E-state index in [0.29, 0.717) is 11.4 Å². The third kappa shape index (κ3) is 2.57. The van der Waals surface area contributed by atoms with Gasteiger partial charge in [0, 0.05) is 24.0 Å². The Kier molecular flexibility index (Phi) is 3.56. The summed E-state index contributed by atoms with van der Waals surface area (Å²) in [6.07, 6.45) is 3.09. The zero-order valence-electron chi connectivity index (χ0n) is 13.9. The first-order valence-corrected chi connectivity index (χ1v) is 8.16. The molecule has 2 aromatic rings. The number of hydrogen-bond acceptors (Lipinski definition) is 5. The van der Waals surface area contributed by atoms with Gasteiger partial charge in [-0.05, 0) is 30.2 Å². The van der Waals surface area contributed by atoms with Crippen LogP contribution in [-0.4, -0.2) is 23.0 Å². The standard InChI is InChI=1S/C18H18N4O3/c1-10(2)15-17(23)22(18(24)21-15)12-3-4-13-14(9-12)25-16(20-13)11-5-7-19-8-6-11/h3-10,15-16,20H,1-2H3,(H,21,24)/t15-,16?/m0/s1. The summed E-state index contributed by atoms with van der Waals surface area (Å²) in [6.45, 7) is 3.81. The van der Waals surface area contributed by atoms with Gasteiger partial charge in [-0.15, -0.1) is 0 Å². The number of hydrogen-bond donors (Lipinski definition) is 2. The molecule has 4 rings (SSSR count). The third-order valence-corrected chi connectivity index (χ3v) is 4.40. The van der Waals surface area contributed by atoms with E-state index in [-0.39, 0.29) is 18.1 Å². The molecular formula is C18H18N4O3. The highest BCUT2D eigenvalue weighted by Gasteiger charge is 2.41. The summed E-state index contributed by atoms with van der Waals surface area (Å²) in [5, 5.41) is 5.99. The Morgan fingerprint density at radius 1 is 1.12 bits per heavy atom. The number of carbonyl (C=O) groups is 2. The van der Waals surface area contributed by atoms with E-state index in [4.69, 9.17) is 4.74 Å². The zero-order valence-corrected chi connectivity index (χ0v) is 13.9. The Labute approximate surface area is 145 Å². The van der Waals surface area contributed by atoms with Crippen molar-refractivity contribution in [2.75, 3.05) is 10.2 Å². The molecule has 1 unspecified atom stereocenters. The SMILES string of the molecule is CC(C)[C@@H]1NC(=O)N(c2ccc3c(c2)OC(c2ccncc2)N3)C1=O. The monoisotopic (exact) mass is 338 g/mol. The summed E-state index contributed by atoms with van der Waals surface area (Å²) in [4.78, 5) is 29.9. The van der Waals surface area contributed by atoms with Crippen LogP contribution in [0.25, 0.3) is 0 Å². The summed E-state index contributed by atoms with van der Waals surface area (Å²) >= 11 is 0. The van der Waals surface area contributed by atoms with Crippen LogP contribution in [0.1, 0.15) is 25.6 Å². The smallest absolute Gasteiger partial charge is 0.329 e. The maximum atomic E-state index is 12.5. The highest BCUT2D eigenvalue weighted by Crippen LogP contribution is 2.40. The van der Waals surface area contributed by atoms with Crippen molar-refractivity contribution in [1.82, 2.24) is 10.3 Å². The number of fused-ring (bicyclic) bond motifs is 1. The molecule has 7 heteroatoms. The molecular weight excluding hydrogens is 320 g/mol. The maximum absolute atomic E-state index is 12.5. The van der Waals surface area contributed by atoms with E-state index in [1.54, 1.807) is 24.5 Å². The topological polar surface area (TPSA) is 83.6 Å². The predicted octanol–water partition coefficient (Wildman–Crippen LogP) is 2.67. The highest BCUT2D eigenvalue weighted by molar-refractivity contribution is 6.21. The number of rotatable bonds is 3. The number of aromatic nitrogens is 1. The lowest BCUT2D eigenvalue weighted by atomic mass is 10.0. The minimum absolute atomic E-state index is 0.0323. The average molecular weight is 338 g/mol. The number of amides is 3. The van der Waals surface area contributed by atoms with Crippen LogP contribution in [-0.2, 0) is 4.79 Å². The number of urea groups is 1. The Morgan fingerprint density at radius 3 is 2.56 bits per heavy atom. The van der Waals surface area contributed by atoms with Gasteiger partial charge in [0.2, 0.25) is 0 Å². The second-order valence-electron chi connectivity index (χ2n) is 6.45. The first-order valence-electron chi connectivity index (χ1n) is 8.16. The minimum atomic E-state index is -0.496. The van der Waals surface area contributed by atoms with Gasteiger partial charge in [-0.1, -0.05) is 13.8 Å². The fourth-order valence-electron chi connectivity index (χ4n) is 3.05. The van der Waals surface area contributed by atoms with Gasteiger partial charge in [-0.3, -0.25) is 9.78 Å². The predicted molar refractivity (Wildman–Crippen MR) is 92.3 cm³/mol. The third-order valence-electron chi connectivity index (χ3n) is 4.40. The molecule has 0 radical (unpaired) electrons. The molecule has 3 amide bonds. The molecule has 1 aromatic heterocycles. The molecule has 2 atom stereocenters. The van der Waals surface area contributed by atoms with Crippen molar-refractivity contribution in [3.8, 4) is 5.75 Å². The summed E-state index contributed by atoms with van der Waals surface area (Å²) in [6, 6.07) is 8.11. The van der Waals surface area contributed by atoms with E-state index < -0.39 is 12.1 Å². The Morgan fingerprint density at radius 2 is 1.88 bits per heavy atom. The molecule has 1 aromatic carbocycles. The summed E-state index contributed by atoms with van der Waals surface area (Å²) in [7, 11) is 0. The molecule has 2 aliphatic heterocycles. The summed E-state index contributed by atoms with van der Waals surface area (Å²) < 4.78 is 5.93. The Hall–Kier alpha value is -3.09. The lowest BCUT2D eigenvalue weighted by Crippen LogP contribution is -2.34. The number of pyridine rings is 1. The van der Waals surface area contributed by atoms with Crippen molar-refractivity contribution in [3.63, 3.8) is 0 Å². The van der Waals surface area contributed by atoms with Crippen molar-refractivity contribution < 1.29 is 14.3 Å². The van der Waals surface area contributed by atoms with Gasteiger partial charge in [-0.25, -0.2) is 9.69 Å². The largest absolute Gasteiger partial charge is 0.464 e. The van der Waals surface area contributed by atoms with Crippen molar-refractivity contribution in [2.24, 2.45) is 5.92 Å². The number of imide groups is 1. The van der Waals surface area contributed by atoms with Crippen LogP contribution in [0.3, 0.4) is 0 Å². The van der Waals surface area contributed by atoms with Gasteiger partial charge >= 0.3 is 6.03 Å². The molecule has 128 valence electrons. The van der Waals surface area contributed by atoms with Gasteiger partial charge in [0.05, 0.1) is 11.4 Å². The second kappa shape index (κ2) is 5.77. The van der Waals surface area contributed by atoms with Crippen LogP contribution in [0.5, 0.6) is 5.75 Å². The van der Waals surface area contributed by atoms with Crippen LogP contribution < -0.4 is 20.3 Å². The molecule has 25 heavy (non-hydrogen) atoms. The van der Waals surface area contributed by atoms with E-state index in [0.717, 1.165) is 11.3 Å². The molecule has 0 aliphatic carbocycles. The van der Waals surface area contributed by atoms with Crippen molar-refractivity contribution in [2.45, 2.75) is 26.1 Å². The van der Waals surface area contributed by atoms with Gasteiger partial charge < -0.3 is 15.4 Å². The van der Waals surface area contributed by atoms with E-state index in [9.17, 15) is 9.59 Å². The fourth-order valence-corrected chi connectivity index (χ4v) is 3.05. The molecule has 7 nitrogen and oxygen atoms in total. The molecule has 3 heterocycles. The number of nitrogens with one attached hydrogen (secondary N) is 2. The van der Waals surface area contributed by atoms with E-state index in [2.05, 4.69) is 15.6 Å². The minimum Gasteiger partial charge on any atom is -0.464 e. The number of benzene rings is 1. The van der Waals surface area contributed by atoms with Crippen LogP contribution in [0.15, 0.2) is 42.7 Å².